The number of benzene rings is 2. The Morgan fingerprint density at radius 1 is 1.04 bits per heavy atom. The molecule has 0 atom stereocenters. The molecule has 3 rings (SSSR count). The van der Waals surface area contributed by atoms with Crippen molar-refractivity contribution in [1.82, 2.24) is 5.32 Å². The van der Waals surface area contributed by atoms with Crippen molar-refractivity contribution >= 4 is 23.4 Å². The van der Waals surface area contributed by atoms with Gasteiger partial charge in [-0.05, 0) is 73.7 Å². The van der Waals surface area contributed by atoms with Crippen LogP contribution in [0.15, 0.2) is 48.5 Å². The van der Waals surface area contributed by atoms with Gasteiger partial charge in [-0.2, -0.15) is 0 Å². The second-order valence-corrected chi connectivity index (χ2v) is 6.86. The number of carbonyl (C=O) groups is 1. The number of piperidine rings is 1. The first-order chi connectivity index (χ1) is 13.2. The first-order valence-corrected chi connectivity index (χ1v) is 10.0. The van der Waals surface area contributed by atoms with Crippen molar-refractivity contribution < 1.29 is 9.53 Å². The van der Waals surface area contributed by atoms with Crippen molar-refractivity contribution in [2.24, 2.45) is 5.92 Å². The second-order valence-electron chi connectivity index (χ2n) is 6.42. The standard InChI is InChI=1S/C20H23ClN2O2.C2H6/c21-18-5-1-17(2-6-18)14-25-20(24)23-19-7-3-15(4-8-19)13-16-9-11-22-12-10-16;1-2/h1-8,16,22H,9-14H2,(H,23,24);1-2H3. The first-order valence-electron chi connectivity index (χ1n) is 9.67. The minimum Gasteiger partial charge on any atom is -0.444 e. The zero-order valence-electron chi connectivity index (χ0n) is 16.1. The molecule has 2 aromatic rings. The molecule has 1 amide bonds. The van der Waals surface area contributed by atoms with Crippen LogP contribution in [0.1, 0.15) is 37.8 Å². The van der Waals surface area contributed by atoms with Gasteiger partial charge < -0.3 is 10.1 Å². The molecular weight excluding hydrogens is 360 g/mol. The molecule has 146 valence electrons. The van der Waals surface area contributed by atoms with Gasteiger partial charge in [-0.3, -0.25) is 5.32 Å². The van der Waals surface area contributed by atoms with Gasteiger partial charge in [0.15, 0.2) is 0 Å². The number of carbonyl (C=O) groups excluding carboxylic acids is 1. The van der Waals surface area contributed by atoms with E-state index < -0.39 is 6.09 Å². The van der Waals surface area contributed by atoms with Gasteiger partial charge in [-0.25, -0.2) is 4.79 Å². The smallest absolute Gasteiger partial charge is 0.411 e. The van der Waals surface area contributed by atoms with Crippen LogP contribution in [0, 0.1) is 5.92 Å². The molecule has 0 unspecified atom stereocenters. The highest BCUT2D eigenvalue weighted by atomic mass is 35.5. The lowest BCUT2D eigenvalue weighted by Gasteiger charge is -2.22. The van der Waals surface area contributed by atoms with Gasteiger partial charge in [0.1, 0.15) is 6.61 Å². The topological polar surface area (TPSA) is 50.4 Å². The van der Waals surface area contributed by atoms with Gasteiger partial charge in [-0.1, -0.05) is 49.7 Å². The fraction of sp³-hybridized carbons (Fsp3) is 0.409. The van der Waals surface area contributed by atoms with Crippen LogP contribution in [0.2, 0.25) is 5.02 Å². The van der Waals surface area contributed by atoms with Crippen molar-refractivity contribution in [2.45, 2.75) is 39.7 Å². The number of halogens is 1. The third-order valence-electron chi connectivity index (χ3n) is 4.47. The summed E-state index contributed by atoms with van der Waals surface area (Å²) in [5.74, 6) is 0.754. The Labute approximate surface area is 167 Å². The largest absolute Gasteiger partial charge is 0.444 e. The predicted molar refractivity (Wildman–Crippen MR) is 112 cm³/mol. The molecule has 5 heteroatoms. The SMILES string of the molecule is CC.O=C(Nc1ccc(CC2CCNCC2)cc1)OCc1ccc(Cl)cc1. The maximum absolute atomic E-state index is 11.9. The lowest BCUT2D eigenvalue weighted by Crippen LogP contribution is -2.28. The van der Waals surface area contributed by atoms with E-state index >= 15 is 0 Å². The summed E-state index contributed by atoms with van der Waals surface area (Å²) in [6.07, 6.45) is 3.11. The van der Waals surface area contributed by atoms with Crippen molar-refractivity contribution in [3.63, 3.8) is 0 Å². The second kappa shape index (κ2) is 11.6. The molecule has 0 spiro atoms. The number of ether oxygens (including phenoxy) is 1. The summed E-state index contributed by atoms with van der Waals surface area (Å²) in [6.45, 7) is 6.45. The quantitative estimate of drug-likeness (QED) is 0.695. The van der Waals surface area contributed by atoms with E-state index in [0.29, 0.717) is 5.02 Å². The van der Waals surface area contributed by atoms with E-state index in [1.165, 1.54) is 18.4 Å². The van der Waals surface area contributed by atoms with Crippen molar-refractivity contribution in [3.8, 4) is 0 Å². The molecule has 27 heavy (non-hydrogen) atoms. The number of hydrogen-bond acceptors (Lipinski definition) is 3. The molecule has 0 bridgehead atoms. The fourth-order valence-electron chi connectivity index (χ4n) is 3.03. The maximum atomic E-state index is 11.9. The highest BCUT2D eigenvalue weighted by Crippen LogP contribution is 2.19. The Hall–Kier alpha value is -2.04. The average Bonchev–Trinajstić information content (AvgIpc) is 2.71. The molecule has 1 aliphatic heterocycles. The van der Waals surface area contributed by atoms with Crippen molar-refractivity contribution in [1.29, 1.82) is 0 Å². The van der Waals surface area contributed by atoms with Crippen LogP contribution in [-0.4, -0.2) is 19.2 Å². The molecule has 2 N–H and O–H groups in total. The minimum absolute atomic E-state index is 0.219. The van der Waals surface area contributed by atoms with Gasteiger partial charge in [0.05, 0.1) is 0 Å². The molecule has 1 heterocycles. The fourth-order valence-corrected chi connectivity index (χ4v) is 3.15. The molecule has 2 aromatic carbocycles. The lowest BCUT2D eigenvalue weighted by molar-refractivity contribution is 0.155. The third-order valence-corrected chi connectivity index (χ3v) is 4.72. The summed E-state index contributed by atoms with van der Waals surface area (Å²) < 4.78 is 5.22. The minimum atomic E-state index is -0.457. The summed E-state index contributed by atoms with van der Waals surface area (Å²) in [4.78, 5) is 11.9. The van der Waals surface area contributed by atoms with Gasteiger partial charge in [-0.15, -0.1) is 0 Å². The Morgan fingerprint density at radius 2 is 1.63 bits per heavy atom. The van der Waals surface area contributed by atoms with Crippen LogP contribution >= 0.6 is 11.6 Å². The first kappa shape index (κ1) is 21.3. The molecular formula is C22H29ClN2O2. The average molecular weight is 389 g/mol. The number of nitrogens with one attached hydrogen (secondary N) is 2. The molecule has 0 radical (unpaired) electrons. The van der Waals surface area contributed by atoms with E-state index in [4.69, 9.17) is 16.3 Å². The number of anilines is 1. The Bertz CT molecular complexity index is 680. The molecule has 1 aliphatic rings. The van der Waals surface area contributed by atoms with Crippen LogP contribution in [0.5, 0.6) is 0 Å². The van der Waals surface area contributed by atoms with Crippen LogP contribution in [-0.2, 0) is 17.8 Å². The number of rotatable bonds is 5. The van der Waals surface area contributed by atoms with E-state index in [1.807, 2.05) is 38.1 Å². The van der Waals surface area contributed by atoms with Crippen LogP contribution < -0.4 is 10.6 Å². The molecule has 1 fully saturated rings. The molecule has 1 saturated heterocycles. The van der Waals surface area contributed by atoms with Crippen LogP contribution in [0.4, 0.5) is 10.5 Å². The summed E-state index contributed by atoms with van der Waals surface area (Å²) >= 11 is 5.83. The Morgan fingerprint density at radius 3 is 2.26 bits per heavy atom. The van der Waals surface area contributed by atoms with E-state index in [2.05, 4.69) is 22.8 Å². The summed E-state index contributed by atoms with van der Waals surface area (Å²) in [5.41, 5.74) is 2.96. The molecule has 4 nitrogen and oxygen atoms in total. The Kier molecular flexibility index (Phi) is 9.16. The van der Waals surface area contributed by atoms with Crippen molar-refractivity contribution in [3.05, 3.63) is 64.7 Å². The van der Waals surface area contributed by atoms with Gasteiger partial charge in [0.2, 0.25) is 0 Å². The van der Waals surface area contributed by atoms with Gasteiger partial charge in [0, 0.05) is 10.7 Å². The molecule has 0 saturated carbocycles. The van der Waals surface area contributed by atoms with Gasteiger partial charge in [0.25, 0.3) is 0 Å². The zero-order valence-corrected chi connectivity index (χ0v) is 16.9. The van der Waals surface area contributed by atoms with E-state index in [1.54, 1.807) is 12.1 Å². The third kappa shape index (κ3) is 7.61. The normalized spacial score (nSPS) is 14.0. The zero-order chi connectivity index (χ0) is 19.5. The van der Waals surface area contributed by atoms with Crippen molar-refractivity contribution in [2.75, 3.05) is 18.4 Å². The summed E-state index contributed by atoms with van der Waals surface area (Å²) in [7, 11) is 0. The van der Waals surface area contributed by atoms with Crippen LogP contribution in [0.25, 0.3) is 0 Å². The van der Waals surface area contributed by atoms with Crippen LogP contribution in [0.3, 0.4) is 0 Å². The molecule has 0 aromatic heterocycles. The van der Waals surface area contributed by atoms with E-state index in [9.17, 15) is 4.79 Å². The molecule has 0 aliphatic carbocycles. The highest BCUT2D eigenvalue weighted by molar-refractivity contribution is 6.30. The highest BCUT2D eigenvalue weighted by Gasteiger charge is 2.13. The van der Waals surface area contributed by atoms with E-state index in [0.717, 1.165) is 36.7 Å². The number of amides is 1. The summed E-state index contributed by atoms with van der Waals surface area (Å²) in [6, 6.07) is 15.3. The lowest BCUT2D eigenvalue weighted by atomic mass is 9.91. The monoisotopic (exact) mass is 388 g/mol. The Balaban J connectivity index is 0.00000126. The number of hydrogen-bond donors (Lipinski definition) is 2. The van der Waals surface area contributed by atoms with Gasteiger partial charge >= 0.3 is 6.09 Å². The summed E-state index contributed by atoms with van der Waals surface area (Å²) in [5, 5.41) is 6.81. The maximum Gasteiger partial charge on any atom is 0.411 e. The van der Waals surface area contributed by atoms with E-state index in [-0.39, 0.29) is 6.61 Å². The predicted octanol–water partition coefficient (Wildman–Crippen LogP) is 5.66.